The number of fused-ring (bicyclic) bond motifs is 1. The zero-order valence-corrected chi connectivity index (χ0v) is 20.0. The predicted octanol–water partition coefficient (Wildman–Crippen LogP) is 3.08. The van der Waals surface area contributed by atoms with Crippen LogP contribution in [0.15, 0.2) is 61.1 Å². The lowest BCUT2D eigenvalue weighted by Gasteiger charge is -2.32. The van der Waals surface area contributed by atoms with Crippen LogP contribution in [0.25, 0.3) is 0 Å². The average molecular weight is 480 g/mol. The highest BCUT2D eigenvalue weighted by Crippen LogP contribution is 2.32. The molecule has 0 radical (unpaired) electrons. The minimum absolute atomic E-state index is 0.0138. The number of hydrogen-bond acceptors (Lipinski definition) is 6. The summed E-state index contributed by atoms with van der Waals surface area (Å²) in [5, 5.41) is 9.48. The molecule has 0 spiro atoms. The van der Waals surface area contributed by atoms with E-state index in [1.54, 1.807) is 36.1 Å². The van der Waals surface area contributed by atoms with Gasteiger partial charge in [-0.15, -0.1) is 0 Å². The number of nitriles is 1. The van der Waals surface area contributed by atoms with Crippen LogP contribution in [-0.2, 0) is 34.3 Å². The number of aromatic amines is 1. The number of ether oxygens (including phenoxy) is 1. The van der Waals surface area contributed by atoms with Crippen molar-refractivity contribution >= 4 is 15.7 Å². The summed E-state index contributed by atoms with van der Waals surface area (Å²) in [6.45, 7) is 1.67. The fourth-order valence-electron chi connectivity index (χ4n) is 4.44. The van der Waals surface area contributed by atoms with Crippen LogP contribution in [0.1, 0.15) is 28.8 Å². The molecule has 1 aliphatic heterocycles. The van der Waals surface area contributed by atoms with Gasteiger partial charge in [0.1, 0.15) is 0 Å². The molecule has 0 bridgehead atoms. The molecule has 0 fully saturated rings. The monoisotopic (exact) mass is 479 g/mol. The summed E-state index contributed by atoms with van der Waals surface area (Å²) >= 11 is 0. The first kappa shape index (κ1) is 24.0. The predicted molar refractivity (Wildman–Crippen MR) is 131 cm³/mol. The SMILES string of the molecule is COCCCS(=O)(=O)N1Cc2cc(C#N)ccc2N(Cc2cnc[nH]2)C[C@H]1Cc1ccccc1. The van der Waals surface area contributed by atoms with Crippen molar-refractivity contribution in [3.8, 4) is 6.07 Å². The highest BCUT2D eigenvalue weighted by molar-refractivity contribution is 7.89. The maximum Gasteiger partial charge on any atom is 0.214 e. The van der Waals surface area contributed by atoms with Crippen molar-refractivity contribution in [3.05, 3.63) is 83.4 Å². The average Bonchev–Trinajstić information content (AvgIpc) is 3.30. The number of benzene rings is 2. The summed E-state index contributed by atoms with van der Waals surface area (Å²) in [4.78, 5) is 9.46. The normalized spacial score (nSPS) is 16.6. The van der Waals surface area contributed by atoms with Crippen molar-refractivity contribution in [2.75, 3.05) is 30.9 Å². The van der Waals surface area contributed by atoms with Crippen molar-refractivity contribution in [3.63, 3.8) is 0 Å². The molecule has 0 aliphatic carbocycles. The first-order chi connectivity index (χ1) is 16.5. The van der Waals surface area contributed by atoms with Crippen LogP contribution >= 0.6 is 0 Å². The molecule has 1 aliphatic rings. The van der Waals surface area contributed by atoms with E-state index < -0.39 is 10.0 Å². The minimum Gasteiger partial charge on any atom is -0.385 e. The maximum absolute atomic E-state index is 13.6. The highest BCUT2D eigenvalue weighted by atomic mass is 32.2. The molecule has 178 valence electrons. The molecule has 2 aromatic carbocycles. The van der Waals surface area contributed by atoms with E-state index in [-0.39, 0.29) is 18.3 Å². The number of hydrogen-bond donors (Lipinski definition) is 1. The van der Waals surface area contributed by atoms with Gasteiger partial charge < -0.3 is 14.6 Å². The highest BCUT2D eigenvalue weighted by Gasteiger charge is 2.35. The number of nitrogens with one attached hydrogen (secondary N) is 1. The first-order valence-electron chi connectivity index (χ1n) is 11.3. The van der Waals surface area contributed by atoms with Gasteiger partial charge in [0.2, 0.25) is 10.0 Å². The van der Waals surface area contributed by atoms with E-state index in [0.717, 1.165) is 22.5 Å². The third kappa shape index (κ3) is 5.65. The van der Waals surface area contributed by atoms with E-state index >= 15 is 0 Å². The molecule has 34 heavy (non-hydrogen) atoms. The number of aromatic nitrogens is 2. The van der Waals surface area contributed by atoms with Crippen molar-refractivity contribution < 1.29 is 13.2 Å². The molecule has 9 heteroatoms. The number of H-pyrrole nitrogens is 1. The maximum atomic E-state index is 13.6. The third-order valence-electron chi connectivity index (χ3n) is 6.05. The quantitative estimate of drug-likeness (QED) is 0.473. The van der Waals surface area contributed by atoms with Gasteiger partial charge in [0.25, 0.3) is 0 Å². The summed E-state index contributed by atoms with van der Waals surface area (Å²) in [5.41, 5.74) is 4.28. The summed E-state index contributed by atoms with van der Waals surface area (Å²) < 4.78 is 33.9. The summed E-state index contributed by atoms with van der Waals surface area (Å²) in [6.07, 6.45) is 4.43. The molecule has 4 rings (SSSR count). The molecule has 0 saturated heterocycles. The second-order valence-electron chi connectivity index (χ2n) is 8.46. The van der Waals surface area contributed by atoms with Gasteiger partial charge in [-0.1, -0.05) is 30.3 Å². The molecule has 3 aromatic rings. The molecular formula is C25H29N5O3S. The van der Waals surface area contributed by atoms with Crippen LogP contribution in [0.4, 0.5) is 5.69 Å². The van der Waals surface area contributed by atoms with E-state index in [1.807, 2.05) is 36.4 Å². The van der Waals surface area contributed by atoms with Gasteiger partial charge >= 0.3 is 0 Å². The van der Waals surface area contributed by atoms with Gasteiger partial charge in [-0.05, 0) is 42.2 Å². The van der Waals surface area contributed by atoms with Crippen LogP contribution in [0.2, 0.25) is 0 Å². The van der Waals surface area contributed by atoms with Crippen LogP contribution in [0.3, 0.4) is 0 Å². The third-order valence-corrected chi connectivity index (χ3v) is 8.00. The van der Waals surface area contributed by atoms with Gasteiger partial charge in [-0.25, -0.2) is 13.4 Å². The fourth-order valence-corrected chi connectivity index (χ4v) is 6.09. The number of rotatable bonds is 9. The van der Waals surface area contributed by atoms with Gasteiger partial charge in [0.05, 0.1) is 36.0 Å². The zero-order valence-electron chi connectivity index (χ0n) is 19.2. The first-order valence-corrected chi connectivity index (χ1v) is 12.9. The van der Waals surface area contributed by atoms with Crippen LogP contribution in [0.5, 0.6) is 0 Å². The van der Waals surface area contributed by atoms with Crippen molar-refractivity contribution in [2.45, 2.75) is 32.0 Å². The lowest BCUT2D eigenvalue weighted by Crippen LogP contribution is -2.46. The Morgan fingerprint density at radius 1 is 1.24 bits per heavy atom. The molecule has 8 nitrogen and oxygen atoms in total. The molecule has 0 unspecified atom stereocenters. The second kappa shape index (κ2) is 10.8. The van der Waals surface area contributed by atoms with Gasteiger partial charge in [-0.3, -0.25) is 0 Å². The molecule has 1 atom stereocenters. The number of nitrogens with zero attached hydrogens (tertiary/aromatic N) is 4. The Kier molecular flexibility index (Phi) is 7.63. The fraction of sp³-hybridized carbons (Fsp3) is 0.360. The Balaban J connectivity index is 1.75. The number of sulfonamides is 1. The Hall–Kier alpha value is -3.19. The zero-order chi connectivity index (χ0) is 24.0. The van der Waals surface area contributed by atoms with Gasteiger partial charge in [-0.2, -0.15) is 9.57 Å². The number of imidazole rings is 1. The van der Waals surface area contributed by atoms with E-state index in [4.69, 9.17) is 4.74 Å². The van der Waals surface area contributed by atoms with Gasteiger partial charge in [0, 0.05) is 44.7 Å². The molecule has 2 heterocycles. The van der Waals surface area contributed by atoms with Crippen LogP contribution in [-0.4, -0.2) is 54.7 Å². The Labute approximate surface area is 200 Å². The van der Waals surface area contributed by atoms with E-state index in [0.29, 0.717) is 38.1 Å². The Morgan fingerprint density at radius 3 is 2.76 bits per heavy atom. The molecule has 1 N–H and O–H groups in total. The van der Waals surface area contributed by atoms with Crippen molar-refractivity contribution in [1.82, 2.24) is 14.3 Å². The number of methoxy groups -OCH3 is 1. The van der Waals surface area contributed by atoms with E-state index in [9.17, 15) is 13.7 Å². The molecule has 0 amide bonds. The topological polar surface area (TPSA) is 102 Å². The van der Waals surface area contributed by atoms with Crippen LogP contribution in [0, 0.1) is 11.3 Å². The lowest BCUT2D eigenvalue weighted by atomic mass is 10.1. The van der Waals surface area contributed by atoms with Gasteiger partial charge in [0.15, 0.2) is 0 Å². The smallest absolute Gasteiger partial charge is 0.214 e. The van der Waals surface area contributed by atoms with E-state index in [1.165, 1.54) is 0 Å². The van der Waals surface area contributed by atoms with E-state index in [2.05, 4.69) is 20.9 Å². The number of anilines is 1. The summed E-state index contributed by atoms with van der Waals surface area (Å²) in [6, 6.07) is 17.4. The summed E-state index contributed by atoms with van der Waals surface area (Å²) in [7, 11) is -2.00. The van der Waals surface area contributed by atoms with Crippen LogP contribution < -0.4 is 4.90 Å². The Bertz CT molecular complexity index is 1220. The van der Waals surface area contributed by atoms with Crippen molar-refractivity contribution in [2.24, 2.45) is 0 Å². The second-order valence-corrected chi connectivity index (χ2v) is 10.5. The lowest BCUT2D eigenvalue weighted by molar-refractivity contribution is 0.198. The van der Waals surface area contributed by atoms with Crippen molar-refractivity contribution in [1.29, 1.82) is 5.26 Å². The Morgan fingerprint density at radius 2 is 2.06 bits per heavy atom. The largest absolute Gasteiger partial charge is 0.385 e. The minimum atomic E-state index is -3.57. The molecule has 0 saturated carbocycles. The molecule has 1 aromatic heterocycles. The molecular weight excluding hydrogens is 450 g/mol. The summed E-state index contributed by atoms with van der Waals surface area (Å²) in [5.74, 6) is 0.0138. The standard InChI is InChI=1S/C25H29N5O3S/c1-33-10-5-11-34(31,32)30-16-22-12-21(14-26)8-9-25(22)29(17-23-15-27-19-28-23)18-24(30)13-20-6-3-2-4-7-20/h2-4,6-9,12,15,19,24H,5,10-11,13,16-18H2,1H3,(H,27,28)/t24-/m1/s1.